The molecule has 1 aliphatic carbocycles. The molecule has 4 atom stereocenters. The van der Waals surface area contributed by atoms with Crippen LogP contribution in [-0.2, 0) is 21.5 Å². The molecule has 29 heavy (non-hydrogen) atoms. The second-order valence-corrected chi connectivity index (χ2v) is 8.42. The van der Waals surface area contributed by atoms with Crippen molar-refractivity contribution >= 4 is 11.7 Å². The molecular formula is C24H29N3O2. The van der Waals surface area contributed by atoms with Crippen LogP contribution in [-0.4, -0.2) is 36.3 Å². The van der Waals surface area contributed by atoms with Gasteiger partial charge in [0.05, 0.1) is 7.11 Å². The van der Waals surface area contributed by atoms with Gasteiger partial charge in [-0.15, -0.1) is 0 Å². The van der Waals surface area contributed by atoms with Crippen molar-refractivity contribution in [2.75, 3.05) is 13.7 Å². The van der Waals surface area contributed by atoms with Gasteiger partial charge >= 0.3 is 5.97 Å². The summed E-state index contributed by atoms with van der Waals surface area (Å²) in [5.74, 6) is 5.83. The summed E-state index contributed by atoms with van der Waals surface area (Å²) in [7, 11) is 1.48. The lowest BCUT2D eigenvalue weighted by Gasteiger charge is -2.45. The van der Waals surface area contributed by atoms with Crippen molar-refractivity contribution in [3.05, 3.63) is 71.8 Å². The maximum atomic E-state index is 13.0. The van der Waals surface area contributed by atoms with Gasteiger partial charge in [0.1, 0.15) is 6.04 Å². The zero-order chi connectivity index (χ0) is 20.4. The standard InChI is InChI=1S/C24H29N3O2/c1-24(18-11-7-4-8-12-18)14-13-20(26-25)19-16-27(15-17-9-5-3-6-10-17)22(21(19)24)23(28)29-2/h3-12,19,21-22H,13-16,25H2,1-2H3. The van der Waals surface area contributed by atoms with Crippen molar-refractivity contribution in [3.63, 3.8) is 0 Å². The van der Waals surface area contributed by atoms with Crippen molar-refractivity contribution in [2.45, 2.75) is 37.8 Å². The first kappa shape index (κ1) is 19.6. The number of benzene rings is 2. The van der Waals surface area contributed by atoms with Crippen LogP contribution in [0.3, 0.4) is 0 Å². The largest absolute Gasteiger partial charge is 0.468 e. The summed E-state index contributed by atoms with van der Waals surface area (Å²) < 4.78 is 5.30. The summed E-state index contributed by atoms with van der Waals surface area (Å²) in [6.45, 7) is 3.75. The number of esters is 1. The number of ether oxygens (including phenoxy) is 1. The molecule has 0 spiro atoms. The van der Waals surface area contributed by atoms with Gasteiger partial charge < -0.3 is 10.6 Å². The SMILES string of the molecule is COC(=O)C1C2C(CN1Cc1ccccc1)C(=NN)CCC2(C)c1ccccc1. The topological polar surface area (TPSA) is 67.9 Å². The summed E-state index contributed by atoms with van der Waals surface area (Å²) in [6.07, 6.45) is 1.77. The van der Waals surface area contributed by atoms with Gasteiger partial charge in [-0.3, -0.25) is 9.69 Å². The smallest absolute Gasteiger partial charge is 0.323 e. The number of nitrogens with two attached hydrogens (primary N) is 1. The second-order valence-electron chi connectivity index (χ2n) is 8.42. The van der Waals surface area contributed by atoms with Crippen molar-refractivity contribution in [1.82, 2.24) is 4.90 Å². The number of carbonyl (C=O) groups excluding carboxylic acids is 1. The quantitative estimate of drug-likeness (QED) is 0.493. The van der Waals surface area contributed by atoms with Crippen molar-refractivity contribution in [2.24, 2.45) is 22.8 Å². The van der Waals surface area contributed by atoms with Gasteiger partial charge in [-0.2, -0.15) is 5.10 Å². The molecule has 1 heterocycles. The van der Waals surface area contributed by atoms with Crippen LogP contribution in [0.25, 0.3) is 0 Å². The Morgan fingerprint density at radius 3 is 2.45 bits per heavy atom. The van der Waals surface area contributed by atoms with Crippen LogP contribution in [0.1, 0.15) is 30.9 Å². The molecule has 0 aromatic heterocycles. The molecule has 4 unspecified atom stereocenters. The Labute approximate surface area is 172 Å². The minimum absolute atomic E-state index is 0.0668. The second kappa shape index (κ2) is 7.99. The lowest BCUT2D eigenvalue weighted by Crippen LogP contribution is -2.51. The molecule has 2 fully saturated rings. The number of likely N-dealkylation sites (tertiary alicyclic amines) is 1. The van der Waals surface area contributed by atoms with Gasteiger partial charge in [0.15, 0.2) is 0 Å². The molecule has 152 valence electrons. The molecule has 1 saturated heterocycles. The third kappa shape index (κ3) is 3.44. The Kier molecular flexibility index (Phi) is 5.41. The number of hydrogen-bond donors (Lipinski definition) is 1. The first-order chi connectivity index (χ1) is 14.1. The zero-order valence-corrected chi connectivity index (χ0v) is 17.1. The van der Waals surface area contributed by atoms with E-state index in [-0.39, 0.29) is 29.3 Å². The fourth-order valence-electron chi connectivity index (χ4n) is 5.49. The molecule has 1 saturated carbocycles. The van der Waals surface area contributed by atoms with Crippen molar-refractivity contribution in [1.29, 1.82) is 0 Å². The third-order valence-electron chi connectivity index (χ3n) is 6.93. The Morgan fingerprint density at radius 2 is 1.83 bits per heavy atom. The number of hydrogen-bond acceptors (Lipinski definition) is 5. The molecular weight excluding hydrogens is 362 g/mol. The molecule has 0 bridgehead atoms. The van der Waals surface area contributed by atoms with Gasteiger partial charge in [-0.25, -0.2) is 0 Å². The normalized spacial score (nSPS) is 30.8. The van der Waals surface area contributed by atoms with Crippen molar-refractivity contribution in [3.8, 4) is 0 Å². The molecule has 2 aromatic carbocycles. The summed E-state index contributed by atoms with van der Waals surface area (Å²) in [4.78, 5) is 15.3. The van der Waals surface area contributed by atoms with E-state index in [1.807, 2.05) is 24.3 Å². The predicted molar refractivity (Wildman–Crippen MR) is 114 cm³/mol. The first-order valence-electron chi connectivity index (χ1n) is 10.3. The van der Waals surface area contributed by atoms with Crippen LogP contribution in [0, 0.1) is 11.8 Å². The summed E-state index contributed by atoms with van der Waals surface area (Å²) in [5.41, 5.74) is 3.33. The maximum absolute atomic E-state index is 13.0. The predicted octanol–water partition coefficient (Wildman–Crippen LogP) is 3.34. The number of fused-ring (bicyclic) bond motifs is 1. The third-order valence-corrected chi connectivity index (χ3v) is 6.93. The van der Waals surface area contributed by atoms with Gasteiger partial charge in [0, 0.05) is 30.6 Å². The van der Waals surface area contributed by atoms with Crippen LogP contribution < -0.4 is 5.84 Å². The lowest BCUT2D eigenvalue weighted by atomic mass is 9.58. The average molecular weight is 392 g/mol. The molecule has 0 radical (unpaired) electrons. The van der Waals surface area contributed by atoms with E-state index in [4.69, 9.17) is 10.6 Å². The van der Waals surface area contributed by atoms with E-state index >= 15 is 0 Å². The van der Waals surface area contributed by atoms with Crippen LogP contribution in [0.2, 0.25) is 0 Å². The van der Waals surface area contributed by atoms with E-state index in [1.165, 1.54) is 18.2 Å². The molecule has 2 N–H and O–H groups in total. The monoisotopic (exact) mass is 391 g/mol. The van der Waals surface area contributed by atoms with Gasteiger partial charge in [0.25, 0.3) is 0 Å². The van der Waals surface area contributed by atoms with Crippen molar-refractivity contribution < 1.29 is 9.53 Å². The molecule has 0 amide bonds. The molecule has 1 aliphatic heterocycles. The lowest BCUT2D eigenvalue weighted by molar-refractivity contribution is -0.148. The Balaban J connectivity index is 1.77. The molecule has 4 rings (SSSR count). The highest BCUT2D eigenvalue weighted by Gasteiger charge is 2.58. The number of methoxy groups -OCH3 is 1. The number of hydrazone groups is 1. The average Bonchev–Trinajstić information content (AvgIpc) is 3.15. The van der Waals surface area contributed by atoms with E-state index in [0.29, 0.717) is 6.54 Å². The fraction of sp³-hybridized carbons (Fsp3) is 0.417. The minimum atomic E-state index is -0.326. The van der Waals surface area contributed by atoms with E-state index < -0.39 is 0 Å². The minimum Gasteiger partial charge on any atom is -0.468 e. The number of nitrogens with zero attached hydrogens (tertiary/aromatic N) is 2. The van der Waals surface area contributed by atoms with Crippen LogP contribution in [0.15, 0.2) is 65.8 Å². The highest BCUT2D eigenvalue weighted by molar-refractivity contribution is 5.90. The Hall–Kier alpha value is -2.66. The van der Waals surface area contributed by atoms with E-state index in [0.717, 1.165) is 25.1 Å². The van der Waals surface area contributed by atoms with Gasteiger partial charge in [-0.1, -0.05) is 67.6 Å². The summed E-state index contributed by atoms with van der Waals surface area (Å²) in [6, 6.07) is 20.5. The molecule has 2 aliphatic rings. The van der Waals surface area contributed by atoms with E-state index in [1.54, 1.807) is 0 Å². The molecule has 5 heteroatoms. The van der Waals surface area contributed by atoms with Crippen LogP contribution in [0.5, 0.6) is 0 Å². The summed E-state index contributed by atoms with van der Waals surface area (Å²) in [5, 5.41) is 4.15. The number of carbonyl (C=O) groups is 1. The molecule has 5 nitrogen and oxygen atoms in total. The van der Waals surface area contributed by atoms with E-state index in [2.05, 4.69) is 53.3 Å². The fourth-order valence-corrected chi connectivity index (χ4v) is 5.49. The molecule has 2 aromatic rings. The van der Waals surface area contributed by atoms with Gasteiger partial charge in [0.2, 0.25) is 0 Å². The Morgan fingerprint density at radius 1 is 1.17 bits per heavy atom. The number of rotatable bonds is 4. The highest BCUT2D eigenvalue weighted by atomic mass is 16.5. The van der Waals surface area contributed by atoms with Gasteiger partial charge in [-0.05, 0) is 29.4 Å². The summed E-state index contributed by atoms with van der Waals surface area (Å²) >= 11 is 0. The highest BCUT2D eigenvalue weighted by Crippen LogP contribution is 2.51. The first-order valence-corrected chi connectivity index (χ1v) is 10.3. The Bertz CT molecular complexity index is 884. The van der Waals surface area contributed by atoms with Crippen LogP contribution in [0.4, 0.5) is 0 Å². The maximum Gasteiger partial charge on any atom is 0.323 e. The zero-order valence-electron chi connectivity index (χ0n) is 17.1. The van der Waals surface area contributed by atoms with E-state index in [9.17, 15) is 4.79 Å². The van der Waals surface area contributed by atoms with Crippen LogP contribution >= 0.6 is 0 Å².